The number of nitrogens with two attached hydrogens (primary N) is 1. The van der Waals surface area contributed by atoms with E-state index in [4.69, 9.17) is 10.8 Å². The number of hydrogen-bond acceptors (Lipinski definition) is 3. The van der Waals surface area contributed by atoms with E-state index in [2.05, 4.69) is 5.32 Å². The van der Waals surface area contributed by atoms with Gasteiger partial charge in [0, 0.05) is 12.5 Å². The third-order valence-electron chi connectivity index (χ3n) is 2.51. The summed E-state index contributed by atoms with van der Waals surface area (Å²) in [6.07, 6.45) is -0.00209. The Morgan fingerprint density at radius 1 is 1.32 bits per heavy atom. The van der Waals surface area contributed by atoms with Gasteiger partial charge in [0.2, 0.25) is 11.8 Å². The van der Waals surface area contributed by atoms with Crippen LogP contribution in [0.1, 0.15) is 29.3 Å². The van der Waals surface area contributed by atoms with Crippen molar-refractivity contribution in [3.05, 3.63) is 35.4 Å². The normalized spacial score (nSPS) is 11.6. The average Bonchev–Trinajstić information content (AvgIpc) is 2.27. The van der Waals surface area contributed by atoms with Gasteiger partial charge in [-0.3, -0.25) is 9.59 Å². The van der Waals surface area contributed by atoms with Crippen LogP contribution in [0.5, 0.6) is 0 Å². The van der Waals surface area contributed by atoms with Crippen LogP contribution >= 0.6 is 0 Å². The van der Waals surface area contributed by atoms with Crippen LogP contribution in [0.3, 0.4) is 0 Å². The molecular formula is C13H16N2O4. The van der Waals surface area contributed by atoms with Gasteiger partial charge in [0.05, 0.1) is 12.0 Å². The van der Waals surface area contributed by atoms with Crippen LogP contribution in [-0.4, -0.2) is 28.9 Å². The molecule has 6 nitrogen and oxygen atoms in total. The van der Waals surface area contributed by atoms with Crippen molar-refractivity contribution < 1.29 is 19.5 Å². The first kappa shape index (κ1) is 14.7. The van der Waals surface area contributed by atoms with Crippen LogP contribution in [0.25, 0.3) is 0 Å². The topological polar surface area (TPSA) is 109 Å². The molecule has 102 valence electrons. The molecule has 0 bridgehead atoms. The van der Waals surface area contributed by atoms with E-state index < -0.39 is 11.9 Å². The number of hydrogen-bond donors (Lipinski definition) is 3. The van der Waals surface area contributed by atoms with Crippen LogP contribution in [-0.2, 0) is 16.0 Å². The summed E-state index contributed by atoms with van der Waals surface area (Å²) in [6.45, 7) is 1.66. The predicted octanol–water partition coefficient (Wildman–Crippen LogP) is 0.307. The Kier molecular flexibility index (Phi) is 5.05. The van der Waals surface area contributed by atoms with Gasteiger partial charge in [-0.1, -0.05) is 18.2 Å². The number of primary amides is 1. The van der Waals surface area contributed by atoms with E-state index in [9.17, 15) is 14.4 Å². The van der Waals surface area contributed by atoms with Crippen molar-refractivity contribution in [3.8, 4) is 0 Å². The summed E-state index contributed by atoms with van der Waals surface area (Å²) in [4.78, 5) is 33.4. The molecule has 1 aromatic carbocycles. The molecule has 6 heteroatoms. The van der Waals surface area contributed by atoms with Crippen LogP contribution < -0.4 is 11.1 Å². The summed E-state index contributed by atoms with van der Waals surface area (Å²) in [5, 5.41) is 11.6. The van der Waals surface area contributed by atoms with Crippen LogP contribution in [0.4, 0.5) is 0 Å². The molecule has 0 saturated heterocycles. The highest BCUT2D eigenvalue weighted by Gasteiger charge is 2.14. The highest BCUT2D eigenvalue weighted by atomic mass is 16.4. The summed E-state index contributed by atoms with van der Waals surface area (Å²) in [5.74, 6) is -1.92. The molecule has 1 rings (SSSR count). The Hall–Kier alpha value is -2.37. The largest absolute Gasteiger partial charge is 0.478 e. The SMILES string of the molecule is CC(CC(N)=O)NC(=O)Cc1ccccc1C(=O)O. The molecule has 0 heterocycles. The number of carboxylic acid groups (broad SMARTS) is 1. The summed E-state index contributed by atoms with van der Waals surface area (Å²) < 4.78 is 0. The second kappa shape index (κ2) is 6.53. The first-order chi connectivity index (χ1) is 8.90. The molecule has 0 aromatic heterocycles. The number of carboxylic acids is 1. The van der Waals surface area contributed by atoms with Gasteiger partial charge in [0.15, 0.2) is 0 Å². The minimum absolute atomic E-state index is 0.0479. The molecule has 0 radical (unpaired) electrons. The highest BCUT2D eigenvalue weighted by molar-refractivity contribution is 5.91. The van der Waals surface area contributed by atoms with Gasteiger partial charge >= 0.3 is 5.97 Å². The molecule has 1 aromatic rings. The van der Waals surface area contributed by atoms with Gasteiger partial charge in [-0.25, -0.2) is 4.79 Å². The molecular weight excluding hydrogens is 248 g/mol. The van der Waals surface area contributed by atoms with Gasteiger partial charge in [0.25, 0.3) is 0 Å². The molecule has 0 aliphatic heterocycles. The molecule has 1 unspecified atom stereocenters. The zero-order chi connectivity index (χ0) is 14.4. The molecule has 19 heavy (non-hydrogen) atoms. The van der Waals surface area contributed by atoms with Crippen LogP contribution in [0, 0.1) is 0 Å². The summed E-state index contributed by atoms with van der Waals surface area (Å²) in [6, 6.07) is 5.92. The Balaban J connectivity index is 2.67. The van der Waals surface area contributed by atoms with Crippen molar-refractivity contribution >= 4 is 17.8 Å². The van der Waals surface area contributed by atoms with E-state index in [-0.39, 0.29) is 30.4 Å². The van der Waals surface area contributed by atoms with E-state index in [1.807, 2.05) is 0 Å². The van der Waals surface area contributed by atoms with Gasteiger partial charge in [-0.15, -0.1) is 0 Å². The molecule has 0 saturated carbocycles. The summed E-state index contributed by atoms with van der Waals surface area (Å²) in [7, 11) is 0. The minimum Gasteiger partial charge on any atom is -0.478 e. The van der Waals surface area contributed by atoms with Crippen molar-refractivity contribution in [1.82, 2.24) is 5.32 Å². The Morgan fingerprint density at radius 2 is 1.95 bits per heavy atom. The van der Waals surface area contributed by atoms with Gasteiger partial charge in [-0.2, -0.15) is 0 Å². The van der Waals surface area contributed by atoms with E-state index in [0.717, 1.165) is 0 Å². The number of amides is 2. The molecule has 4 N–H and O–H groups in total. The monoisotopic (exact) mass is 264 g/mol. The number of nitrogens with one attached hydrogen (secondary N) is 1. The molecule has 0 spiro atoms. The smallest absolute Gasteiger partial charge is 0.335 e. The van der Waals surface area contributed by atoms with Gasteiger partial charge in [0.1, 0.15) is 0 Å². The summed E-state index contributed by atoms with van der Waals surface area (Å²) >= 11 is 0. The lowest BCUT2D eigenvalue weighted by atomic mass is 10.0. The van der Waals surface area contributed by atoms with Crippen molar-refractivity contribution in [3.63, 3.8) is 0 Å². The average molecular weight is 264 g/mol. The predicted molar refractivity (Wildman–Crippen MR) is 68.5 cm³/mol. The van der Waals surface area contributed by atoms with Crippen molar-refractivity contribution in [2.45, 2.75) is 25.8 Å². The number of benzene rings is 1. The lowest BCUT2D eigenvalue weighted by Gasteiger charge is -2.12. The first-order valence-electron chi connectivity index (χ1n) is 5.79. The molecule has 0 aliphatic carbocycles. The molecule has 2 amide bonds. The maximum atomic E-state index is 11.7. The van der Waals surface area contributed by atoms with Crippen molar-refractivity contribution in [2.75, 3.05) is 0 Å². The number of carbonyl (C=O) groups excluding carboxylic acids is 2. The van der Waals surface area contributed by atoms with Crippen molar-refractivity contribution in [2.24, 2.45) is 5.73 Å². The Morgan fingerprint density at radius 3 is 2.53 bits per heavy atom. The third-order valence-corrected chi connectivity index (χ3v) is 2.51. The Labute approximate surface area is 110 Å². The maximum absolute atomic E-state index is 11.7. The molecule has 0 aliphatic rings. The molecule has 1 atom stereocenters. The fourth-order valence-electron chi connectivity index (χ4n) is 1.73. The second-order valence-corrected chi connectivity index (χ2v) is 4.28. The van der Waals surface area contributed by atoms with E-state index in [1.165, 1.54) is 6.07 Å². The zero-order valence-electron chi connectivity index (χ0n) is 10.6. The highest BCUT2D eigenvalue weighted by Crippen LogP contribution is 2.09. The van der Waals surface area contributed by atoms with E-state index >= 15 is 0 Å². The Bertz CT molecular complexity index is 499. The number of aromatic carboxylic acids is 1. The fraction of sp³-hybridized carbons (Fsp3) is 0.308. The third kappa shape index (κ3) is 4.79. The van der Waals surface area contributed by atoms with E-state index in [0.29, 0.717) is 5.56 Å². The quantitative estimate of drug-likeness (QED) is 0.686. The zero-order valence-corrected chi connectivity index (χ0v) is 10.6. The van der Waals surface area contributed by atoms with Crippen molar-refractivity contribution in [1.29, 1.82) is 0 Å². The van der Waals surface area contributed by atoms with Gasteiger partial charge < -0.3 is 16.2 Å². The number of carbonyl (C=O) groups is 3. The minimum atomic E-state index is -1.08. The summed E-state index contributed by atoms with van der Waals surface area (Å²) in [5.41, 5.74) is 5.54. The standard InChI is InChI=1S/C13H16N2O4/c1-8(6-11(14)16)15-12(17)7-9-4-2-3-5-10(9)13(18)19/h2-5,8H,6-7H2,1H3,(H2,14,16)(H,15,17)(H,18,19). The first-order valence-corrected chi connectivity index (χ1v) is 5.79. The fourth-order valence-corrected chi connectivity index (χ4v) is 1.73. The van der Waals surface area contributed by atoms with Crippen LogP contribution in [0.2, 0.25) is 0 Å². The second-order valence-electron chi connectivity index (χ2n) is 4.28. The molecule has 0 fully saturated rings. The lowest BCUT2D eigenvalue weighted by Crippen LogP contribution is -2.36. The maximum Gasteiger partial charge on any atom is 0.335 e. The van der Waals surface area contributed by atoms with Gasteiger partial charge in [-0.05, 0) is 18.6 Å². The van der Waals surface area contributed by atoms with E-state index in [1.54, 1.807) is 25.1 Å². The number of rotatable bonds is 6. The lowest BCUT2D eigenvalue weighted by molar-refractivity contribution is -0.121. The van der Waals surface area contributed by atoms with Crippen LogP contribution in [0.15, 0.2) is 24.3 Å².